The summed E-state index contributed by atoms with van der Waals surface area (Å²) in [7, 11) is 0. The van der Waals surface area contributed by atoms with Crippen molar-refractivity contribution in [1.29, 1.82) is 0 Å². The van der Waals surface area contributed by atoms with Crippen molar-refractivity contribution >= 4 is 0 Å². The van der Waals surface area contributed by atoms with Crippen molar-refractivity contribution in [3.8, 4) is 0 Å². The highest BCUT2D eigenvalue weighted by Crippen LogP contribution is 2.16. The minimum atomic E-state index is 0.811. The molecule has 1 aromatic rings. The van der Waals surface area contributed by atoms with Crippen LogP contribution in [0.1, 0.15) is 64.5 Å². The maximum Gasteiger partial charge on any atom is 0.0302 e. The highest BCUT2D eigenvalue weighted by Gasteiger charge is 2.04. The molecular formula is C17H29N. The van der Waals surface area contributed by atoms with E-state index in [-0.39, 0.29) is 0 Å². The summed E-state index contributed by atoms with van der Waals surface area (Å²) in [6.07, 6.45) is 11.7. The topological polar surface area (TPSA) is 12.9 Å². The summed E-state index contributed by atoms with van der Waals surface area (Å²) in [4.78, 5) is 4.29. The zero-order valence-corrected chi connectivity index (χ0v) is 12.6. The lowest BCUT2D eigenvalue weighted by atomic mass is 9.96. The first-order valence-electron chi connectivity index (χ1n) is 7.51. The second-order valence-electron chi connectivity index (χ2n) is 6.22. The highest BCUT2D eigenvalue weighted by molar-refractivity contribution is 5.23. The van der Waals surface area contributed by atoms with Gasteiger partial charge in [-0.3, -0.25) is 4.98 Å². The molecule has 1 heterocycles. The zero-order chi connectivity index (χ0) is 13.4. The van der Waals surface area contributed by atoms with Gasteiger partial charge in [0.25, 0.3) is 0 Å². The van der Waals surface area contributed by atoms with Crippen molar-refractivity contribution < 1.29 is 0 Å². The predicted molar refractivity (Wildman–Crippen MR) is 79.8 cm³/mol. The van der Waals surface area contributed by atoms with Crippen LogP contribution in [0.4, 0.5) is 0 Å². The van der Waals surface area contributed by atoms with Crippen molar-refractivity contribution in [1.82, 2.24) is 4.98 Å². The molecule has 1 nitrogen and oxygen atoms in total. The Balaban J connectivity index is 2.45. The molecule has 0 fully saturated rings. The van der Waals surface area contributed by atoms with Gasteiger partial charge in [-0.15, -0.1) is 0 Å². The lowest BCUT2D eigenvalue weighted by Gasteiger charge is -2.10. The van der Waals surface area contributed by atoms with Crippen molar-refractivity contribution in [2.75, 3.05) is 0 Å². The van der Waals surface area contributed by atoms with E-state index >= 15 is 0 Å². The standard InChI is InChI=1S/C17H29N/c1-14(2)7-5-9-16-11-12-18-13-17(16)10-6-8-15(3)4/h11-15H,5-10H2,1-4H3. The van der Waals surface area contributed by atoms with Crippen LogP contribution in [0.25, 0.3) is 0 Å². The van der Waals surface area contributed by atoms with Crippen LogP contribution < -0.4 is 0 Å². The summed E-state index contributed by atoms with van der Waals surface area (Å²) in [5.74, 6) is 1.63. The lowest BCUT2D eigenvalue weighted by Crippen LogP contribution is -1.99. The third-order valence-electron chi connectivity index (χ3n) is 3.46. The number of rotatable bonds is 8. The van der Waals surface area contributed by atoms with Gasteiger partial charge in [0.1, 0.15) is 0 Å². The first kappa shape index (κ1) is 15.2. The summed E-state index contributed by atoms with van der Waals surface area (Å²) >= 11 is 0. The Labute approximate surface area is 113 Å². The first-order chi connectivity index (χ1) is 8.59. The molecule has 1 heteroatoms. The molecule has 0 bridgehead atoms. The molecule has 0 aliphatic rings. The van der Waals surface area contributed by atoms with E-state index in [9.17, 15) is 0 Å². The summed E-state index contributed by atoms with van der Waals surface area (Å²) < 4.78 is 0. The number of nitrogens with zero attached hydrogens (tertiary/aromatic N) is 1. The number of hydrogen-bond acceptors (Lipinski definition) is 1. The molecule has 0 spiro atoms. The van der Waals surface area contributed by atoms with Gasteiger partial charge >= 0.3 is 0 Å². The van der Waals surface area contributed by atoms with E-state index < -0.39 is 0 Å². The summed E-state index contributed by atoms with van der Waals surface area (Å²) in [5.41, 5.74) is 3.00. The van der Waals surface area contributed by atoms with Crippen LogP contribution in [0.3, 0.4) is 0 Å². The highest BCUT2D eigenvalue weighted by atomic mass is 14.6. The molecule has 0 unspecified atom stereocenters. The normalized spacial score (nSPS) is 11.4. The van der Waals surface area contributed by atoms with Crippen LogP contribution in [0.2, 0.25) is 0 Å². The van der Waals surface area contributed by atoms with Crippen LogP contribution >= 0.6 is 0 Å². The molecule has 0 amide bonds. The maximum atomic E-state index is 4.29. The lowest BCUT2D eigenvalue weighted by molar-refractivity contribution is 0.546. The smallest absolute Gasteiger partial charge is 0.0302 e. The Bertz CT molecular complexity index is 295. The molecule has 0 aliphatic heterocycles. The molecule has 0 saturated carbocycles. The largest absolute Gasteiger partial charge is 0.264 e. The predicted octanol–water partition coefficient (Wildman–Crippen LogP) is 5.04. The second-order valence-corrected chi connectivity index (χ2v) is 6.22. The molecule has 0 aliphatic carbocycles. The summed E-state index contributed by atoms with van der Waals surface area (Å²) in [6, 6.07) is 2.21. The van der Waals surface area contributed by atoms with E-state index in [0.717, 1.165) is 11.8 Å². The average molecular weight is 247 g/mol. The van der Waals surface area contributed by atoms with Crippen molar-refractivity contribution in [3.05, 3.63) is 29.6 Å². The Morgan fingerprint density at radius 1 is 0.889 bits per heavy atom. The fourth-order valence-corrected chi connectivity index (χ4v) is 2.33. The molecule has 0 saturated heterocycles. The number of pyridine rings is 1. The van der Waals surface area contributed by atoms with Crippen molar-refractivity contribution in [2.45, 2.75) is 66.2 Å². The molecule has 1 aromatic heterocycles. The molecule has 102 valence electrons. The van der Waals surface area contributed by atoms with Crippen molar-refractivity contribution in [2.24, 2.45) is 11.8 Å². The minimum Gasteiger partial charge on any atom is -0.264 e. The van der Waals surface area contributed by atoms with Gasteiger partial charge in [0, 0.05) is 12.4 Å². The van der Waals surface area contributed by atoms with Gasteiger partial charge < -0.3 is 0 Å². The summed E-state index contributed by atoms with van der Waals surface area (Å²) in [6.45, 7) is 9.20. The Hall–Kier alpha value is -0.850. The van der Waals surface area contributed by atoms with E-state index in [1.807, 2.05) is 6.20 Å². The number of aryl methyl sites for hydroxylation is 2. The van der Waals surface area contributed by atoms with Gasteiger partial charge in [0.15, 0.2) is 0 Å². The van der Waals surface area contributed by atoms with Gasteiger partial charge in [-0.05, 0) is 54.7 Å². The van der Waals surface area contributed by atoms with Crippen LogP contribution in [-0.4, -0.2) is 4.98 Å². The Morgan fingerprint density at radius 2 is 1.44 bits per heavy atom. The molecule has 0 atom stereocenters. The van der Waals surface area contributed by atoms with Crippen LogP contribution in [0.5, 0.6) is 0 Å². The van der Waals surface area contributed by atoms with E-state index in [2.05, 4.69) is 44.9 Å². The van der Waals surface area contributed by atoms with E-state index in [1.54, 1.807) is 0 Å². The Kier molecular flexibility index (Phi) is 7.00. The molecule has 0 radical (unpaired) electrons. The molecule has 1 rings (SSSR count). The third-order valence-corrected chi connectivity index (χ3v) is 3.46. The summed E-state index contributed by atoms with van der Waals surface area (Å²) in [5, 5.41) is 0. The van der Waals surface area contributed by atoms with E-state index in [1.165, 1.54) is 49.7 Å². The van der Waals surface area contributed by atoms with E-state index in [4.69, 9.17) is 0 Å². The van der Waals surface area contributed by atoms with Gasteiger partial charge in [0.05, 0.1) is 0 Å². The third kappa shape index (κ3) is 6.18. The monoisotopic (exact) mass is 247 g/mol. The molecular weight excluding hydrogens is 218 g/mol. The molecule has 0 aromatic carbocycles. The number of hydrogen-bond donors (Lipinski definition) is 0. The zero-order valence-electron chi connectivity index (χ0n) is 12.6. The number of aromatic nitrogens is 1. The first-order valence-corrected chi connectivity index (χ1v) is 7.51. The van der Waals surface area contributed by atoms with E-state index in [0.29, 0.717) is 0 Å². The van der Waals surface area contributed by atoms with Crippen LogP contribution in [-0.2, 0) is 12.8 Å². The van der Waals surface area contributed by atoms with Gasteiger partial charge in [-0.2, -0.15) is 0 Å². The Morgan fingerprint density at radius 3 is 2.00 bits per heavy atom. The average Bonchev–Trinajstić information content (AvgIpc) is 2.30. The maximum absolute atomic E-state index is 4.29. The van der Waals surface area contributed by atoms with Gasteiger partial charge in [0.2, 0.25) is 0 Å². The van der Waals surface area contributed by atoms with Gasteiger partial charge in [-0.25, -0.2) is 0 Å². The van der Waals surface area contributed by atoms with Crippen molar-refractivity contribution in [3.63, 3.8) is 0 Å². The molecule has 0 N–H and O–H groups in total. The van der Waals surface area contributed by atoms with Crippen LogP contribution in [0.15, 0.2) is 18.5 Å². The van der Waals surface area contributed by atoms with Crippen LogP contribution in [0, 0.1) is 11.8 Å². The fourth-order valence-electron chi connectivity index (χ4n) is 2.33. The second kappa shape index (κ2) is 8.29. The molecule has 18 heavy (non-hydrogen) atoms. The van der Waals surface area contributed by atoms with Gasteiger partial charge in [-0.1, -0.05) is 40.5 Å². The fraction of sp³-hybridized carbons (Fsp3) is 0.706. The quantitative estimate of drug-likeness (QED) is 0.627. The minimum absolute atomic E-state index is 0.811. The SMILES string of the molecule is CC(C)CCCc1ccncc1CCCC(C)C.